The molecule has 22 heavy (non-hydrogen) atoms. The van der Waals surface area contributed by atoms with Crippen LogP contribution in [0.25, 0.3) is 0 Å². The van der Waals surface area contributed by atoms with Crippen molar-refractivity contribution >= 4 is 17.8 Å². The van der Waals surface area contributed by atoms with Gasteiger partial charge in [0.25, 0.3) is 0 Å². The molecule has 0 spiro atoms. The van der Waals surface area contributed by atoms with Crippen molar-refractivity contribution in [3.05, 3.63) is 35.9 Å². The van der Waals surface area contributed by atoms with E-state index >= 15 is 0 Å². The minimum Gasteiger partial charge on any atom is -0.481 e. The number of carboxylic acid groups (broad SMARTS) is 1. The van der Waals surface area contributed by atoms with Crippen molar-refractivity contribution in [1.29, 1.82) is 0 Å². The fourth-order valence-corrected chi connectivity index (χ4v) is 2.64. The molecule has 118 valence electrons. The van der Waals surface area contributed by atoms with E-state index in [2.05, 4.69) is 10.6 Å². The maximum absolute atomic E-state index is 11.8. The lowest BCUT2D eigenvalue weighted by Crippen LogP contribution is -2.41. The molecule has 1 fully saturated rings. The molecule has 3 N–H and O–H groups in total. The number of carbonyl (C=O) groups is 3. The average molecular weight is 304 g/mol. The van der Waals surface area contributed by atoms with E-state index in [0.29, 0.717) is 19.3 Å². The van der Waals surface area contributed by atoms with Gasteiger partial charge in [-0.3, -0.25) is 14.4 Å². The van der Waals surface area contributed by atoms with Gasteiger partial charge in [0.2, 0.25) is 11.8 Å². The first-order valence-electron chi connectivity index (χ1n) is 7.37. The molecule has 0 saturated heterocycles. The molecule has 1 saturated carbocycles. The first kappa shape index (κ1) is 16.0. The maximum atomic E-state index is 11.8. The van der Waals surface area contributed by atoms with Gasteiger partial charge in [-0.05, 0) is 24.8 Å². The summed E-state index contributed by atoms with van der Waals surface area (Å²) in [6.45, 7) is -0.0834. The van der Waals surface area contributed by atoms with Gasteiger partial charge >= 0.3 is 5.97 Å². The first-order chi connectivity index (χ1) is 10.5. The number of carbonyl (C=O) groups excluding carboxylic acids is 2. The van der Waals surface area contributed by atoms with Crippen LogP contribution in [-0.2, 0) is 20.8 Å². The highest BCUT2D eigenvalue weighted by molar-refractivity contribution is 5.85. The van der Waals surface area contributed by atoms with Crippen molar-refractivity contribution in [2.24, 2.45) is 5.92 Å². The molecule has 2 rings (SSSR count). The van der Waals surface area contributed by atoms with Gasteiger partial charge in [-0.2, -0.15) is 0 Å². The Morgan fingerprint density at radius 1 is 1.09 bits per heavy atom. The number of nitrogens with one attached hydrogen (secondary N) is 2. The Hall–Kier alpha value is -2.37. The highest BCUT2D eigenvalue weighted by atomic mass is 16.4. The van der Waals surface area contributed by atoms with Crippen molar-refractivity contribution in [3.63, 3.8) is 0 Å². The summed E-state index contributed by atoms with van der Waals surface area (Å²) >= 11 is 0. The second-order valence-corrected chi connectivity index (χ2v) is 5.55. The maximum Gasteiger partial charge on any atom is 0.306 e. The summed E-state index contributed by atoms with van der Waals surface area (Å²) in [5, 5.41) is 14.2. The van der Waals surface area contributed by atoms with Crippen LogP contribution in [-0.4, -0.2) is 35.5 Å². The van der Waals surface area contributed by atoms with E-state index in [4.69, 9.17) is 5.11 Å². The molecule has 0 unspecified atom stereocenters. The molecule has 6 nitrogen and oxygen atoms in total. The zero-order valence-corrected chi connectivity index (χ0v) is 12.2. The molecule has 2 amide bonds. The molecule has 1 aromatic rings. The zero-order chi connectivity index (χ0) is 15.9. The number of hydrogen-bond acceptors (Lipinski definition) is 3. The highest BCUT2D eigenvalue weighted by Crippen LogP contribution is 2.25. The van der Waals surface area contributed by atoms with Crippen molar-refractivity contribution in [3.8, 4) is 0 Å². The molecule has 1 aliphatic rings. The van der Waals surface area contributed by atoms with Gasteiger partial charge < -0.3 is 15.7 Å². The lowest BCUT2D eigenvalue weighted by atomic mass is 10.1. The number of aliphatic carboxylic acids is 1. The fourth-order valence-electron chi connectivity index (χ4n) is 2.64. The summed E-state index contributed by atoms with van der Waals surface area (Å²) in [5.41, 5.74) is 0.889. The monoisotopic (exact) mass is 304 g/mol. The number of amides is 2. The standard InChI is InChI=1S/C16H20N2O4/c19-14(8-11-4-2-1-3-5-11)17-10-15(20)18-13-7-6-12(9-13)16(21)22/h1-5,12-13H,6-10H2,(H,17,19)(H,18,20)(H,21,22)/t12-,13+/m0/s1. The van der Waals surface area contributed by atoms with Crippen LogP contribution >= 0.6 is 0 Å². The Labute approximate surface area is 128 Å². The molecule has 1 aromatic carbocycles. The Bertz CT molecular complexity index is 544. The van der Waals surface area contributed by atoms with E-state index in [9.17, 15) is 14.4 Å². The van der Waals surface area contributed by atoms with Gasteiger partial charge in [-0.15, -0.1) is 0 Å². The molecule has 2 atom stereocenters. The Balaban J connectivity index is 1.67. The van der Waals surface area contributed by atoms with Crippen molar-refractivity contribution in [2.45, 2.75) is 31.7 Å². The van der Waals surface area contributed by atoms with E-state index in [1.807, 2.05) is 30.3 Å². The van der Waals surface area contributed by atoms with Crippen LogP contribution in [0.3, 0.4) is 0 Å². The quantitative estimate of drug-likeness (QED) is 0.721. The fraction of sp³-hybridized carbons (Fsp3) is 0.438. The third-order valence-electron chi connectivity index (χ3n) is 3.80. The normalized spacial score (nSPS) is 20.4. The summed E-state index contributed by atoms with van der Waals surface area (Å²) in [4.78, 5) is 34.3. The molecule has 0 bridgehead atoms. The minimum atomic E-state index is -0.812. The van der Waals surface area contributed by atoms with Gasteiger partial charge in [0.05, 0.1) is 18.9 Å². The van der Waals surface area contributed by atoms with Crippen LogP contribution in [0.1, 0.15) is 24.8 Å². The van der Waals surface area contributed by atoms with Crippen LogP contribution < -0.4 is 10.6 Å². The van der Waals surface area contributed by atoms with Gasteiger partial charge in [-0.1, -0.05) is 30.3 Å². The lowest BCUT2D eigenvalue weighted by Gasteiger charge is -2.13. The molecular weight excluding hydrogens is 284 g/mol. The second kappa shape index (κ2) is 7.59. The molecule has 0 aromatic heterocycles. The third kappa shape index (κ3) is 4.87. The van der Waals surface area contributed by atoms with Crippen molar-refractivity contribution in [2.75, 3.05) is 6.54 Å². The van der Waals surface area contributed by atoms with E-state index in [1.54, 1.807) is 0 Å². The zero-order valence-electron chi connectivity index (χ0n) is 12.2. The third-order valence-corrected chi connectivity index (χ3v) is 3.80. The van der Waals surface area contributed by atoms with E-state index < -0.39 is 5.97 Å². The topological polar surface area (TPSA) is 95.5 Å². The van der Waals surface area contributed by atoms with Gasteiger partial charge in [0.15, 0.2) is 0 Å². The van der Waals surface area contributed by atoms with Crippen LogP contribution in [0.2, 0.25) is 0 Å². The SMILES string of the molecule is O=C(Cc1ccccc1)NCC(=O)N[C@@H]1CC[C@H](C(=O)O)C1. The minimum absolute atomic E-state index is 0.0834. The Morgan fingerprint density at radius 2 is 1.82 bits per heavy atom. The van der Waals surface area contributed by atoms with Crippen LogP contribution in [0.5, 0.6) is 0 Å². The van der Waals surface area contributed by atoms with Crippen molar-refractivity contribution in [1.82, 2.24) is 10.6 Å². The van der Waals surface area contributed by atoms with Crippen LogP contribution in [0.4, 0.5) is 0 Å². The molecule has 0 heterocycles. The summed E-state index contributed by atoms with van der Waals surface area (Å²) in [7, 11) is 0. The van der Waals surface area contributed by atoms with E-state index in [1.165, 1.54) is 0 Å². The molecule has 6 heteroatoms. The lowest BCUT2D eigenvalue weighted by molar-refractivity contribution is -0.141. The summed E-state index contributed by atoms with van der Waals surface area (Å²) in [5.74, 6) is -1.68. The summed E-state index contributed by atoms with van der Waals surface area (Å²) < 4.78 is 0. The second-order valence-electron chi connectivity index (χ2n) is 5.55. The van der Waals surface area contributed by atoms with E-state index in [-0.39, 0.29) is 36.7 Å². The van der Waals surface area contributed by atoms with E-state index in [0.717, 1.165) is 5.56 Å². The first-order valence-corrected chi connectivity index (χ1v) is 7.37. The van der Waals surface area contributed by atoms with Gasteiger partial charge in [0.1, 0.15) is 0 Å². The highest BCUT2D eigenvalue weighted by Gasteiger charge is 2.30. The largest absolute Gasteiger partial charge is 0.481 e. The summed E-state index contributed by atoms with van der Waals surface area (Å²) in [6, 6.07) is 9.18. The predicted octanol–water partition coefficient (Wildman–Crippen LogP) is 0.715. The molecular formula is C16H20N2O4. The van der Waals surface area contributed by atoms with Crippen molar-refractivity contribution < 1.29 is 19.5 Å². The average Bonchev–Trinajstić information content (AvgIpc) is 2.95. The van der Waals surface area contributed by atoms with Crippen LogP contribution in [0.15, 0.2) is 30.3 Å². The number of benzene rings is 1. The molecule has 1 aliphatic carbocycles. The summed E-state index contributed by atoms with van der Waals surface area (Å²) in [6.07, 6.45) is 1.94. The smallest absolute Gasteiger partial charge is 0.306 e. The predicted molar refractivity (Wildman–Crippen MR) is 80.1 cm³/mol. The molecule has 0 radical (unpaired) electrons. The number of rotatable bonds is 6. The number of hydrogen-bond donors (Lipinski definition) is 3. The van der Waals surface area contributed by atoms with Gasteiger partial charge in [-0.25, -0.2) is 0 Å². The van der Waals surface area contributed by atoms with Crippen LogP contribution in [0, 0.1) is 5.92 Å². The molecule has 0 aliphatic heterocycles. The number of carboxylic acids is 1. The Kier molecular flexibility index (Phi) is 5.52. The Morgan fingerprint density at radius 3 is 2.45 bits per heavy atom. The van der Waals surface area contributed by atoms with Gasteiger partial charge in [0, 0.05) is 6.04 Å².